The van der Waals surface area contributed by atoms with Crippen LogP contribution in [0, 0.1) is 13.8 Å². The Hall–Kier alpha value is -2.96. The van der Waals surface area contributed by atoms with E-state index in [0.717, 1.165) is 17.1 Å². The summed E-state index contributed by atoms with van der Waals surface area (Å²) in [6.45, 7) is 6.48. The lowest BCUT2D eigenvalue weighted by Gasteiger charge is -2.14. The van der Waals surface area contributed by atoms with E-state index in [1.165, 1.54) is 6.33 Å². The van der Waals surface area contributed by atoms with Crippen molar-refractivity contribution in [3.8, 4) is 5.69 Å². The van der Waals surface area contributed by atoms with Crippen molar-refractivity contribution in [2.45, 2.75) is 33.4 Å². The first-order valence-electron chi connectivity index (χ1n) is 7.80. The first-order valence-corrected chi connectivity index (χ1v) is 7.80. The van der Waals surface area contributed by atoms with Crippen LogP contribution in [0.4, 0.5) is 0 Å². The van der Waals surface area contributed by atoms with Gasteiger partial charge in [0.2, 0.25) is 0 Å². The molecule has 0 radical (unpaired) electrons. The van der Waals surface area contributed by atoms with Crippen LogP contribution in [0.15, 0.2) is 43.0 Å². The van der Waals surface area contributed by atoms with Crippen LogP contribution in [0.5, 0.6) is 0 Å². The van der Waals surface area contributed by atoms with E-state index < -0.39 is 0 Å². The molecule has 0 saturated carbocycles. The van der Waals surface area contributed by atoms with Gasteiger partial charge in [0.1, 0.15) is 12.7 Å². The van der Waals surface area contributed by atoms with Gasteiger partial charge < -0.3 is 5.32 Å². The van der Waals surface area contributed by atoms with Crippen LogP contribution in [0.1, 0.15) is 28.7 Å². The van der Waals surface area contributed by atoms with Crippen LogP contribution in [-0.4, -0.2) is 36.5 Å². The number of carbonyl (C=O) groups excluding carboxylic acids is 1. The number of hydrogen-bond donors (Lipinski definition) is 1. The van der Waals surface area contributed by atoms with E-state index in [1.54, 1.807) is 11.0 Å². The van der Waals surface area contributed by atoms with Crippen LogP contribution in [-0.2, 0) is 6.54 Å². The summed E-state index contributed by atoms with van der Waals surface area (Å²) < 4.78 is 3.56. The van der Waals surface area contributed by atoms with Gasteiger partial charge in [-0.1, -0.05) is 0 Å². The number of nitrogens with one attached hydrogen (secondary N) is 1. The molecule has 24 heavy (non-hydrogen) atoms. The maximum atomic E-state index is 12.3. The molecule has 3 rings (SSSR count). The van der Waals surface area contributed by atoms with Crippen molar-refractivity contribution in [1.82, 2.24) is 29.9 Å². The van der Waals surface area contributed by atoms with E-state index in [9.17, 15) is 4.79 Å². The maximum Gasteiger partial charge on any atom is 0.251 e. The van der Waals surface area contributed by atoms with Crippen molar-refractivity contribution in [2.75, 3.05) is 0 Å². The number of hydrogen-bond acceptors (Lipinski definition) is 4. The number of aromatic nitrogens is 5. The standard InChI is InChI=1S/C17H20N6O/c1-12-8-14(3)23(21-12)16-6-4-15(5-7-16)17(24)20-13(2)9-22-11-18-10-19-22/h4-8,10-11,13H,9H2,1-3H3,(H,20,24)/t13-/m1/s1. The smallest absolute Gasteiger partial charge is 0.251 e. The second-order valence-electron chi connectivity index (χ2n) is 5.88. The lowest BCUT2D eigenvalue weighted by molar-refractivity contribution is 0.0936. The molecule has 2 aromatic heterocycles. The summed E-state index contributed by atoms with van der Waals surface area (Å²) in [7, 11) is 0. The minimum atomic E-state index is -0.109. The topological polar surface area (TPSA) is 77.6 Å². The fourth-order valence-corrected chi connectivity index (χ4v) is 2.60. The third-order valence-corrected chi connectivity index (χ3v) is 3.69. The van der Waals surface area contributed by atoms with Gasteiger partial charge in [0.15, 0.2) is 0 Å². The minimum Gasteiger partial charge on any atom is -0.348 e. The van der Waals surface area contributed by atoms with Gasteiger partial charge in [-0.15, -0.1) is 0 Å². The van der Waals surface area contributed by atoms with E-state index in [2.05, 4.69) is 20.5 Å². The molecule has 124 valence electrons. The van der Waals surface area contributed by atoms with Crippen molar-refractivity contribution in [3.05, 3.63) is 59.9 Å². The van der Waals surface area contributed by atoms with E-state index in [-0.39, 0.29) is 11.9 Å². The molecule has 0 aliphatic carbocycles. The van der Waals surface area contributed by atoms with Gasteiger partial charge in [-0.3, -0.25) is 9.48 Å². The minimum absolute atomic E-state index is 0.0464. The lowest BCUT2D eigenvalue weighted by atomic mass is 10.2. The molecule has 0 aliphatic heterocycles. The number of carbonyl (C=O) groups is 1. The van der Waals surface area contributed by atoms with Crippen LogP contribution in [0.25, 0.3) is 5.69 Å². The molecule has 1 amide bonds. The van der Waals surface area contributed by atoms with Crippen molar-refractivity contribution >= 4 is 5.91 Å². The molecular formula is C17H20N6O. The third-order valence-electron chi connectivity index (χ3n) is 3.69. The largest absolute Gasteiger partial charge is 0.348 e. The van der Waals surface area contributed by atoms with Crippen LogP contribution < -0.4 is 5.32 Å². The molecule has 7 heteroatoms. The van der Waals surface area contributed by atoms with Gasteiger partial charge in [-0.25, -0.2) is 9.67 Å². The van der Waals surface area contributed by atoms with Crippen LogP contribution in [0.2, 0.25) is 0 Å². The molecule has 1 aromatic carbocycles. The third kappa shape index (κ3) is 3.51. The van der Waals surface area contributed by atoms with Crippen LogP contribution >= 0.6 is 0 Å². The predicted octanol–water partition coefficient (Wildman–Crippen LogP) is 1.90. The average Bonchev–Trinajstić information content (AvgIpc) is 3.16. The first-order chi connectivity index (χ1) is 11.5. The number of benzene rings is 1. The van der Waals surface area contributed by atoms with E-state index in [1.807, 2.05) is 55.8 Å². The van der Waals surface area contributed by atoms with Gasteiger partial charge in [0, 0.05) is 17.3 Å². The maximum absolute atomic E-state index is 12.3. The highest BCUT2D eigenvalue weighted by molar-refractivity contribution is 5.94. The molecule has 0 fully saturated rings. The molecule has 0 unspecified atom stereocenters. The molecule has 0 aliphatic rings. The Morgan fingerprint density at radius 3 is 2.58 bits per heavy atom. The number of nitrogens with zero attached hydrogens (tertiary/aromatic N) is 5. The Bertz CT molecular complexity index is 819. The molecule has 0 bridgehead atoms. The van der Waals surface area contributed by atoms with Gasteiger partial charge in [-0.2, -0.15) is 10.2 Å². The summed E-state index contributed by atoms with van der Waals surface area (Å²) in [6, 6.07) is 9.39. The molecular weight excluding hydrogens is 304 g/mol. The van der Waals surface area contributed by atoms with Gasteiger partial charge in [0.05, 0.1) is 17.9 Å². The van der Waals surface area contributed by atoms with E-state index in [4.69, 9.17) is 0 Å². The van der Waals surface area contributed by atoms with Crippen molar-refractivity contribution in [3.63, 3.8) is 0 Å². The summed E-state index contributed by atoms with van der Waals surface area (Å²) in [6.07, 6.45) is 3.11. The summed E-state index contributed by atoms with van der Waals surface area (Å²) in [5.74, 6) is -0.109. The SMILES string of the molecule is Cc1cc(C)n(-c2ccc(C(=O)N[C@H](C)Cn3cncn3)cc2)n1. The molecule has 1 atom stereocenters. The van der Waals surface area contributed by atoms with E-state index in [0.29, 0.717) is 12.1 Å². The fourth-order valence-electron chi connectivity index (χ4n) is 2.60. The number of amides is 1. The summed E-state index contributed by atoms with van der Waals surface area (Å²) >= 11 is 0. The molecule has 3 aromatic rings. The molecule has 1 N–H and O–H groups in total. The molecule has 2 heterocycles. The summed E-state index contributed by atoms with van der Waals surface area (Å²) in [5, 5.41) is 11.4. The van der Waals surface area contributed by atoms with E-state index >= 15 is 0 Å². The highest BCUT2D eigenvalue weighted by Crippen LogP contribution is 2.13. The van der Waals surface area contributed by atoms with Gasteiger partial charge in [0.25, 0.3) is 5.91 Å². The zero-order valence-corrected chi connectivity index (χ0v) is 14.0. The Morgan fingerprint density at radius 2 is 2.00 bits per heavy atom. The van der Waals surface area contributed by atoms with Gasteiger partial charge >= 0.3 is 0 Å². The van der Waals surface area contributed by atoms with Crippen molar-refractivity contribution in [2.24, 2.45) is 0 Å². The Labute approximate surface area is 140 Å². The number of aryl methyl sites for hydroxylation is 2. The van der Waals surface area contributed by atoms with Gasteiger partial charge in [-0.05, 0) is 51.1 Å². The second kappa shape index (κ2) is 6.66. The molecule has 0 spiro atoms. The molecule has 7 nitrogen and oxygen atoms in total. The monoisotopic (exact) mass is 324 g/mol. The average molecular weight is 324 g/mol. The zero-order valence-electron chi connectivity index (χ0n) is 14.0. The lowest BCUT2D eigenvalue weighted by Crippen LogP contribution is -2.35. The predicted molar refractivity (Wildman–Crippen MR) is 90.0 cm³/mol. The highest BCUT2D eigenvalue weighted by atomic mass is 16.1. The van der Waals surface area contributed by atoms with Crippen molar-refractivity contribution < 1.29 is 4.79 Å². The summed E-state index contributed by atoms with van der Waals surface area (Å²) in [5.41, 5.74) is 3.58. The summed E-state index contributed by atoms with van der Waals surface area (Å²) in [4.78, 5) is 16.2. The molecule has 0 saturated heterocycles. The quantitative estimate of drug-likeness (QED) is 0.777. The first kappa shape index (κ1) is 15.9. The Kier molecular flexibility index (Phi) is 4.41. The Morgan fingerprint density at radius 1 is 1.25 bits per heavy atom. The van der Waals surface area contributed by atoms with Crippen molar-refractivity contribution in [1.29, 1.82) is 0 Å². The van der Waals surface area contributed by atoms with Crippen LogP contribution in [0.3, 0.4) is 0 Å². The number of rotatable bonds is 5. The normalized spacial score (nSPS) is 12.1. The highest BCUT2D eigenvalue weighted by Gasteiger charge is 2.11. The Balaban J connectivity index is 1.66. The fraction of sp³-hybridized carbons (Fsp3) is 0.294. The second-order valence-corrected chi connectivity index (χ2v) is 5.88. The zero-order chi connectivity index (χ0) is 17.1.